The van der Waals surface area contributed by atoms with Crippen molar-refractivity contribution in [2.24, 2.45) is 0 Å². The fraction of sp³-hybridized carbons (Fsp3) is 0.500. The summed E-state index contributed by atoms with van der Waals surface area (Å²) in [6, 6.07) is 8.29. The van der Waals surface area contributed by atoms with Crippen LogP contribution in [0.25, 0.3) is 10.9 Å². The van der Waals surface area contributed by atoms with Gasteiger partial charge < -0.3 is 5.11 Å². The van der Waals surface area contributed by atoms with Crippen molar-refractivity contribution in [1.29, 1.82) is 0 Å². The maximum atomic E-state index is 9.27. The lowest BCUT2D eigenvalue weighted by Gasteiger charge is -2.13. The van der Waals surface area contributed by atoms with E-state index in [1.807, 2.05) is 35.9 Å². The Morgan fingerprint density at radius 3 is 2.72 bits per heavy atom. The third-order valence-electron chi connectivity index (χ3n) is 3.23. The molecule has 98 valence electrons. The van der Waals surface area contributed by atoms with Gasteiger partial charge in [-0.2, -0.15) is 5.10 Å². The summed E-state index contributed by atoms with van der Waals surface area (Å²) in [6.07, 6.45) is 2.59. The molecule has 0 fully saturated rings. The average molecular weight is 267 g/mol. The molecule has 0 radical (unpaired) electrons. The molecule has 0 aliphatic carbocycles. The van der Waals surface area contributed by atoms with Crippen LogP contribution in [0.4, 0.5) is 0 Å². The normalized spacial score (nSPS) is 14.9. The molecule has 0 bridgehead atoms. The first-order chi connectivity index (χ1) is 8.59. The van der Waals surface area contributed by atoms with Crippen LogP contribution in [0.1, 0.15) is 39.2 Å². The standard InChI is InChI=1S/C14H19ClN2O/c1-10(6-5-7-11(2)18)17-13-9-4-3-8-12(13)14(15)16-17/h3-4,8-11,18H,5-7H2,1-2H3. The Morgan fingerprint density at radius 2 is 2.00 bits per heavy atom. The minimum atomic E-state index is -0.227. The molecule has 4 heteroatoms. The van der Waals surface area contributed by atoms with Crippen molar-refractivity contribution in [3.8, 4) is 0 Å². The predicted molar refractivity (Wildman–Crippen MR) is 75.0 cm³/mol. The minimum absolute atomic E-state index is 0.227. The van der Waals surface area contributed by atoms with E-state index in [0.717, 1.165) is 30.2 Å². The number of nitrogens with zero attached hydrogens (tertiary/aromatic N) is 2. The van der Waals surface area contributed by atoms with Gasteiger partial charge in [0.15, 0.2) is 5.15 Å². The minimum Gasteiger partial charge on any atom is -0.393 e. The molecule has 2 aromatic rings. The first-order valence-electron chi connectivity index (χ1n) is 6.40. The Balaban J connectivity index is 2.15. The summed E-state index contributed by atoms with van der Waals surface area (Å²) in [5.74, 6) is 0. The lowest BCUT2D eigenvalue weighted by molar-refractivity contribution is 0.178. The van der Waals surface area contributed by atoms with Crippen molar-refractivity contribution in [1.82, 2.24) is 9.78 Å². The molecule has 2 atom stereocenters. The topological polar surface area (TPSA) is 38.0 Å². The van der Waals surface area contributed by atoms with Gasteiger partial charge in [0.05, 0.1) is 11.6 Å². The highest BCUT2D eigenvalue weighted by atomic mass is 35.5. The van der Waals surface area contributed by atoms with E-state index in [-0.39, 0.29) is 6.10 Å². The molecule has 1 aromatic carbocycles. The van der Waals surface area contributed by atoms with E-state index in [1.54, 1.807) is 0 Å². The number of benzene rings is 1. The van der Waals surface area contributed by atoms with Crippen LogP contribution in [0, 0.1) is 0 Å². The number of para-hydroxylation sites is 1. The summed E-state index contributed by atoms with van der Waals surface area (Å²) in [4.78, 5) is 0. The number of aromatic nitrogens is 2. The van der Waals surface area contributed by atoms with Gasteiger partial charge in [-0.25, -0.2) is 0 Å². The largest absolute Gasteiger partial charge is 0.393 e. The summed E-state index contributed by atoms with van der Waals surface area (Å²) >= 11 is 6.13. The quantitative estimate of drug-likeness (QED) is 0.894. The van der Waals surface area contributed by atoms with Crippen LogP contribution >= 0.6 is 11.6 Å². The first kappa shape index (κ1) is 13.4. The van der Waals surface area contributed by atoms with Crippen LogP contribution < -0.4 is 0 Å². The van der Waals surface area contributed by atoms with Crippen LogP contribution in [0.3, 0.4) is 0 Å². The first-order valence-corrected chi connectivity index (χ1v) is 6.78. The Hall–Kier alpha value is -1.06. The van der Waals surface area contributed by atoms with Gasteiger partial charge in [0, 0.05) is 11.4 Å². The molecule has 1 heterocycles. The van der Waals surface area contributed by atoms with Gasteiger partial charge in [-0.15, -0.1) is 0 Å². The second kappa shape index (κ2) is 5.72. The van der Waals surface area contributed by atoms with Crippen LogP contribution in [0.2, 0.25) is 5.15 Å². The SMILES string of the molecule is CC(O)CCCC(C)n1nc(Cl)c2ccccc21. The molecule has 1 aromatic heterocycles. The maximum absolute atomic E-state index is 9.27. The van der Waals surface area contributed by atoms with Gasteiger partial charge in [0.25, 0.3) is 0 Å². The molecule has 0 saturated heterocycles. The zero-order valence-corrected chi connectivity index (χ0v) is 11.6. The Bertz CT molecular complexity index is 521. The van der Waals surface area contributed by atoms with E-state index in [4.69, 9.17) is 11.6 Å². The molecular weight excluding hydrogens is 248 g/mol. The number of aliphatic hydroxyl groups excluding tert-OH is 1. The third-order valence-corrected chi connectivity index (χ3v) is 3.51. The van der Waals surface area contributed by atoms with Gasteiger partial charge in [-0.05, 0) is 45.2 Å². The van der Waals surface area contributed by atoms with Crippen LogP contribution in [-0.4, -0.2) is 21.0 Å². The summed E-state index contributed by atoms with van der Waals surface area (Å²) in [5.41, 5.74) is 1.08. The highest BCUT2D eigenvalue weighted by Crippen LogP contribution is 2.26. The van der Waals surface area contributed by atoms with Crippen LogP contribution in [0.15, 0.2) is 24.3 Å². The molecule has 3 nitrogen and oxygen atoms in total. The van der Waals surface area contributed by atoms with Crippen LogP contribution in [-0.2, 0) is 0 Å². The molecule has 0 saturated carbocycles. The van der Waals surface area contributed by atoms with Gasteiger partial charge in [0.2, 0.25) is 0 Å². The van der Waals surface area contributed by atoms with Gasteiger partial charge in [-0.1, -0.05) is 23.7 Å². The van der Waals surface area contributed by atoms with Gasteiger partial charge >= 0.3 is 0 Å². The van der Waals surface area contributed by atoms with E-state index in [1.165, 1.54) is 0 Å². The summed E-state index contributed by atoms with van der Waals surface area (Å²) < 4.78 is 1.99. The molecule has 0 aliphatic heterocycles. The molecule has 0 amide bonds. The Kier molecular flexibility index (Phi) is 4.25. The number of hydrogen-bond donors (Lipinski definition) is 1. The number of aliphatic hydroxyl groups is 1. The molecule has 2 rings (SSSR count). The third kappa shape index (κ3) is 2.85. The fourth-order valence-corrected chi connectivity index (χ4v) is 2.46. The zero-order valence-electron chi connectivity index (χ0n) is 10.8. The lowest BCUT2D eigenvalue weighted by atomic mass is 10.1. The van der Waals surface area contributed by atoms with Crippen molar-refractivity contribution in [2.75, 3.05) is 0 Å². The fourth-order valence-electron chi connectivity index (χ4n) is 2.22. The maximum Gasteiger partial charge on any atom is 0.158 e. The molecule has 0 spiro atoms. The second-order valence-corrected chi connectivity index (χ2v) is 5.24. The molecule has 18 heavy (non-hydrogen) atoms. The van der Waals surface area contributed by atoms with E-state index in [0.29, 0.717) is 11.2 Å². The van der Waals surface area contributed by atoms with E-state index < -0.39 is 0 Å². The van der Waals surface area contributed by atoms with E-state index in [9.17, 15) is 5.11 Å². The van der Waals surface area contributed by atoms with Crippen molar-refractivity contribution in [3.05, 3.63) is 29.4 Å². The smallest absolute Gasteiger partial charge is 0.158 e. The van der Waals surface area contributed by atoms with E-state index >= 15 is 0 Å². The summed E-state index contributed by atoms with van der Waals surface area (Å²) in [7, 11) is 0. The van der Waals surface area contributed by atoms with Crippen molar-refractivity contribution < 1.29 is 5.11 Å². The summed E-state index contributed by atoms with van der Waals surface area (Å²) in [5, 5.41) is 15.2. The van der Waals surface area contributed by atoms with Crippen molar-refractivity contribution >= 4 is 22.5 Å². The lowest BCUT2D eigenvalue weighted by Crippen LogP contribution is -2.08. The Labute approximate surface area is 112 Å². The zero-order chi connectivity index (χ0) is 13.1. The molecular formula is C14H19ClN2O. The number of hydrogen-bond acceptors (Lipinski definition) is 2. The van der Waals surface area contributed by atoms with E-state index in [2.05, 4.69) is 12.0 Å². The predicted octanol–water partition coefficient (Wildman–Crippen LogP) is 3.80. The number of halogens is 1. The Morgan fingerprint density at radius 1 is 1.28 bits per heavy atom. The summed E-state index contributed by atoms with van der Waals surface area (Å²) in [6.45, 7) is 3.96. The highest BCUT2D eigenvalue weighted by Gasteiger charge is 2.13. The van der Waals surface area contributed by atoms with Gasteiger partial charge in [0.1, 0.15) is 0 Å². The average Bonchev–Trinajstić information content (AvgIpc) is 2.67. The van der Waals surface area contributed by atoms with Crippen molar-refractivity contribution in [3.63, 3.8) is 0 Å². The second-order valence-electron chi connectivity index (χ2n) is 4.88. The number of rotatable bonds is 5. The van der Waals surface area contributed by atoms with Crippen LogP contribution in [0.5, 0.6) is 0 Å². The number of fused-ring (bicyclic) bond motifs is 1. The molecule has 0 aliphatic rings. The monoisotopic (exact) mass is 266 g/mol. The van der Waals surface area contributed by atoms with Crippen molar-refractivity contribution in [2.45, 2.75) is 45.3 Å². The highest BCUT2D eigenvalue weighted by molar-refractivity contribution is 6.34. The molecule has 2 unspecified atom stereocenters. The van der Waals surface area contributed by atoms with Gasteiger partial charge in [-0.3, -0.25) is 4.68 Å². The molecule has 1 N–H and O–H groups in total.